The molecule has 5 rings (SSSR count). The Balaban J connectivity index is 1.49. The zero-order valence-electron chi connectivity index (χ0n) is 27.1. The second kappa shape index (κ2) is 15.0. The number of nitrogens with zero attached hydrogens (tertiary/aromatic N) is 3. The number of hydrogen-bond donors (Lipinski definition) is 0. The molecular weight excluding hydrogens is 717 g/mol. The number of aryl methyl sites for hydroxylation is 2. The molecule has 5 aromatic rings. The first-order chi connectivity index (χ1) is 23.7. The summed E-state index contributed by atoms with van der Waals surface area (Å²) in [5.74, 6) is -0.942. The Morgan fingerprint density at radius 1 is 0.940 bits per heavy atom. The molecule has 0 aliphatic carbocycles. The lowest BCUT2D eigenvalue weighted by Gasteiger charge is -2.15. The van der Waals surface area contributed by atoms with Gasteiger partial charge in [0.2, 0.25) is 0 Å². The van der Waals surface area contributed by atoms with Crippen molar-refractivity contribution in [1.82, 2.24) is 13.9 Å². The molecule has 0 aliphatic heterocycles. The summed E-state index contributed by atoms with van der Waals surface area (Å²) in [6.45, 7) is -0.317. The maximum absolute atomic E-state index is 14.4. The van der Waals surface area contributed by atoms with E-state index in [1.54, 1.807) is 18.2 Å². The normalized spacial score (nSPS) is 11.9. The highest BCUT2D eigenvalue weighted by Crippen LogP contribution is 2.37. The summed E-state index contributed by atoms with van der Waals surface area (Å²) in [7, 11) is -5.46. The molecule has 0 fully saturated rings. The molecule has 2 aromatic heterocycles. The number of pyridine rings is 1. The molecule has 0 saturated heterocycles. The van der Waals surface area contributed by atoms with Crippen molar-refractivity contribution in [3.8, 4) is 17.2 Å². The summed E-state index contributed by atoms with van der Waals surface area (Å²) in [5.41, 5.74) is 1.48. The monoisotopic (exact) mass is 747 g/mol. The second-order valence-electron chi connectivity index (χ2n) is 10.7. The molecule has 0 unspecified atom stereocenters. The van der Waals surface area contributed by atoms with E-state index >= 15 is 0 Å². The number of imidazole rings is 1. The van der Waals surface area contributed by atoms with Crippen LogP contribution in [-0.4, -0.2) is 69.9 Å². The second-order valence-corrected chi connectivity index (χ2v) is 15.5. The quantitative estimate of drug-likeness (QED) is 0.0993. The van der Waals surface area contributed by atoms with Gasteiger partial charge in [-0.1, -0.05) is 35.5 Å². The summed E-state index contributed by atoms with van der Waals surface area (Å²) >= 11 is 0.982. The van der Waals surface area contributed by atoms with Crippen LogP contribution in [0.5, 0.6) is 17.2 Å². The molecule has 17 heteroatoms. The number of aromatic nitrogens is 3. The Bertz CT molecular complexity index is 2260. The zero-order chi connectivity index (χ0) is 36.2. The number of benzene rings is 3. The van der Waals surface area contributed by atoms with Crippen LogP contribution < -0.4 is 14.2 Å². The van der Waals surface area contributed by atoms with E-state index in [1.165, 1.54) is 63.7 Å². The van der Waals surface area contributed by atoms with Crippen molar-refractivity contribution in [2.24, 2.45) is 0 Å². The summed E-state index contributed by atoms with van der Waals surface area (Å²) in [4.78, 5) is 21.6. The molecule has 0 N–H and O–H groups in total. The lowest BCUT2D eigenvalue weighted by atomic mass is 10.1. The Morgan fingerprint density at radius 2 is 1.68 bits per heavy atom. The van der Waals surface area contributed by atoms with Crippen molar-refractivity contribution in [2.45, 2.75) is 41.2 Å². The number of hydrogen-bond acceptors (Lipinski definition) is 12. The van der Waals surface area contributed by atoms with Gasteiger partial charge in [0.25, 0.3) is 10.0 Å². The molecule has 50 heavy (non-hydrogen) atoms. The third kappa shape index (κ3) is 7.84. The Kier molecular flexibility index (Phi) is 11.0. The number of ether oxygens (including phenoxy) is 4. The largest absolute Gasteiger partial charge is 0.493 e. The zero-order valence-corrected chi connectivity index (χ0v) is 29.6. The van der Waals surface area contributed by atoms with Crippen molar-refractivity contribution in [3.05, 3.63) is 95.3 Å². The van der Waals surface area contributed by atoms with Crippen molar-refractivity contribution < 1.29 is 49.4 Å². The fourth-order valence-electron chi connectivity index (χ4n) is 4.89. The predicted octanol–water partition coefficient (Wildman–Crippen LogP) is 5.83. The summed E-state index contributed by atoms with van der Waals surface area (Å²) in [6.07, 6.45) is 1.50. The van der Waals surface area contributed by atoms with Crippen LogP contribution in [0, 0.1) is 13.8 Å². The van der Waals surface area contributed by atoms with Gasteiger partial charge in [-0.25, -0.2) is 30.6 Å². The minimum Gasteiger partial charge on any atom is -0.493 e. The van der Waals surface area contributed by atoms with Crippen LogP contribution in [0.4, 0.5) is 8.78 Å². The Morgan fingerprint density at radius 3 is 2.36 bits per heavy atom. The predicted molar refractivity (Wildman–Crippen MR) is 181 cm³/mol. The van der Waals surface area contributed by atoms with Crippen LogP contribution in [0.3, 0.4) is 0 Å². The van der Waals surface area contributed by atoms with E-state index < -0.39 is 44.8 Å². The first-order valence-electron chi connectivity index (χ1n) is 14.7. The molecule has 0 aliphatic rings. The molecule has 0 radical (unpaired) electrons. The fourth-order valence-corrected chi connectivity index (χ4v) is 8.88. The summed E-state index contributed by atoms with van der Waals surface area (Å²) in [6, 6.07) is 15.4. The number of fused-ring (bicyclic) bond motifs is 1. The number of alkyl halides is 2. The van der Waals surface area contributed by atoms with Crippen LogP contribution in [0.2, 0.25) is 0 Å². The topological polar surface area (TPSA) is 153 Å². The number of thioether (sulfide) groups is 1. The molecule has 0 bridgehead atoms. The average molecular weight is 748 g/mol. The van der Waals surface area contributed by atoms with Gasteiger partial charge >= 0.3 is 12.6 Å². The van der Waals surface area contributed by atoms with Crippen molar-refractivity contribution in [2.75, 3.05) is 26.6 Å². The number of rotatable bonds is 14. The smallest absolute Gasteiger partial charge is 0.387 e. The van der Waals surface area contributed by atoms with Crippen LogP contribution in [0.15, 0.2) is 87.9 Å². The first kappa shape index (κ1) is 36.5. The summed E-state index contributed by atoms with van der Waals surface area (Å²) < 4.78 is 102. The number of carbonyl (C=O) groups excluding carboxylic acids is 1. The fraction of sp³-hybridized carbons (Fsp3) is 0.242. The van der Waals surface area contributed by atoms with Gasteiger partial charge in [-0.05, 0) is 55.8 Å². The Labute approximate surface area is 291 Å². The number of sulfone groups is 1. The standard InChI is InChI=1S/C33H31F2N3O9S3/c1-20-5-10-24(11-6-20)49(40,41)16-15-46-31(39)22-8-7-21(2)29(17-22)50(42,43)38-27-18-23(47-32(34)35)9-12-25(27)37-33(38)48-19-26-30(45-4)28(44-3)13-14-36-26/h5-14,17-18,32H,15-16,19H2,1-4H3. The van der Waals surface area contributed by atoms with Gasteiger partial charge in [-0.2, -0.15) is 8.78 Å². The van der Waals surface area contributed by atoms with E-state index in [2.05, 4.69) is 14.7 Å². The minimum atomic E-state index is -4.59. The van der Waals surface area contributed by atoms with Crippen molar-refractivity contribution in [1.29, 1.82) is 0 Å². The third-order valence-electron chi connectivity index (χ3n) is 7.39. The minimum absolute atomic E-state index is 0.0467. The highest BCUT2D eigenvalue weighted by molar-refractivity contribution is 7.99. The van der Waals surface area contributed by atoms with Crippen LogP contribution in [-0.2, 0) is 30.4 Å². The molecule has 2 heterocycles. The molecule has 12 nitrogen and oxygen atoms in total. The lowest BCUT2D eigenvalue weighted by molar-refractivity contribution is -0.0497. The SMILES string of the molecule is COc1ccnc(CSc2nc3ccc(OC(F)F)cc3n2S(=O)(=O)c2cc(C(=O)OCCS(=O)(=O)c3ccc(C)cc3)ccc2C)c1OC. The van der Waals surface area contributed by atoms with Gasteiger partial charge in [0.15, 0.2) is 26.5 Å². The highest BCUT2D eigenvalue weighted by Gasteiger charge is 2.29. The third-order valence-corrected chi connectivity index (χ3v) is 12.0. The molecule has 0 spiro atoms. The maximum Gasteiger partial charge on any atom is 0.387 e. The van der Waals surface area contributed by atoms with Gasteiger partial charge in [0.1, 0.15) is 12.4 Å². The summed E-state index contributed by atoms with van der Waals surface area (Å²) in [5, 5.41) is -0.0467. The Hall–Kier alpha value is -4.74. The molecular formula is C33H31F2N3O9S3. The lowest BCUT2D eigenvalue weighted by Crippen LogP contribution is -2.18. The van der Waals surface area contributed by atoms with Gasteiger partial charge in [0, 0.05) is 24.1 Å². The molecule has 3 aromatic carbocycles. The first-order valence-corrected chi connectivity index (χ1v) is 18.8. The van der Waals surface area contributed by atoms with Crippen LogP contribution >= 0.6 is 11.8 Å². The van der Waals surface area contributed by atoms with E-state index in [0.29, 0.717) is 17.2 Å². The molecule has 0 amide bonds. The van der Waals surface area contributed by atoms with Crippen molar-refractivity contribution in [3.63, 3.8) is 0 Å². The van der Waals surface area contributed by atoms with E-state index in [-0.39, 0.29) is 48.6 Å². The van der Waals surface area contributed by atoms with E-state index in [4.69, 9.17) is 14.2 Å². The molecule has 0 saturated carbocycles. The van der Waals surface area contributed by atoms with Gasteiger partial charge in [0.05, 0.1) is 52.1 Å². The van der Waals surface area contributed by atoms with Gasteiger partial charge in [-0.3, -0.25) is 4.98 Å². The maximum atomic E-state index is 14.4. The van der Waals surface area contributed by atoms with Crippen LogP contribution in [0.1, 0.15) is 27.2 Å². The van der Waals surface area contributed by atoms with Crippen LogP contribution in [0.25, 0.3) is 11.0 Å². The highest BCUT2D eigenvalue weighted by atomic mass is 32.2. The van der Waals surface area contributed by atoms with Gasteiger partial charge in [-0.15, -0.1) is 0 Å². The number of methoxy groups -OCH3 is 2. The van der Waals surface area contributed by atoms with Gasteiger partial charge < -0.3 is 18.9 Å². The van der Waals surface area contributed by atoms with Crippen molar-refractivity contribution >= 4 is 48.6 Å². The number of carbonyl (C=O) groups is 1. The number of esters is 1. The van der Waals surface area contributed by atoms with E-state index in [0.717, 1.165) is 33.4 Å². The molecule has 0 atom stereocenters. The molecule has 264 valence electrons. The average Bonchev–Trinajstić information content (AvgIpc) is 3.45. The van der Waals surface area contributed by atoms with E-state index in [9.17, 15) is 30.4 Å². The van der Waals surface area contributed by atoms with E-state index in [1.807, 2.05) is 6.92 Å². The number of halogens is 2.